The van der Waals surface area contributed by atoms with Crippen LogP contribution in [0.2, 0.25) is 0 Å². The van der Waals surface area contributed by atoms with Gasteiger partial charge in [0.15, 0.2) is 0 Å². The van der Waals surface area contributed by atoms with Crippen LogP contribution in [0.5, 0.6) is 0 Å². The van der Waals surface area contributed by atoms with Gasteiger partial charge in [-0.15, -0.1) is 0 Å². The number of hydrogen-bond acceptors (Lipinski definition) is 2. The van der Waals surface area contributed by atoms with Gasteiger partial charge in [0, 0.05) is 19.0 Å². The third-order valence-electron chi connectivity index (χ3n) is 3.41. The molecule has 1 aromatic carbocycles. The van der Waals surface area contributed by atoms with E-state index in [0.29, 0.717) is 13.1 Å². The van der Waals surface area contributed by atoms with Crippen LogP contribution in [0.15, 0.2) is 24.3 Å². The molecular weight excluding hydrogens is 251 g/mol. The zero-order valence-electron chi connectivity index (χ0n) is 10.5. The number of likely N-dealkylation sites (tertiary alicyclic amines) is 1. The Morgan fingerprint density at radius 3 is 2.63 bits per heavy atom. The Kier molecular flexibility index (Phi) is 3.69. The molecule has 0 aliphatic carbocycles. The molecule has 0 saturated carbocycles. The van der Waals surface area contributed by atoms with Crippen molar-refractivity contribution < 1.29 is 19.1 Å². The van der Waals surface area contributed by atoms with E-state index in [2.05, 4.69) is 5.32 Å². The van der Waals surface area contributed by atoms with E-state index in [9.17, 15) is 14.0 Å². The topological polar surface area (TPSA) is 69.6 Å². The average molecular weight is 266 g/mol. The van der Waals surface area contributed by atoms with Crippen LogP contribution < -0.4 is 5.32 Å². The molecular formula is C13H15FN2O3. The number of carbonyl (C=O) groups excluding carboxylic acids is 1. The number of anilines is 1. The van der Waals surface area contributed by atoms with Gasteiger partial charge in [-0.05, 0) is 12.1 Å². The summed E-state index contributed by atoms with van der Waals surface area (Å²) in [5.41, 5.74) is 0.127. The Morgan fingerprint density at radius 2 is 2.05 bits per heavy atom. The molecule has 1 aromatic rings. The van der Waals surface area contributed by atoms with E-state index in [-0.39, 0.29) is 11.6 Å². The van der Waals surface area contributed by atoms with E-state index in [1.54, 1.807) is 19.1 Å². The smallest absolute Gasteiger partial charge is 0.321 e. The summed E-state index contributed by atoms with van der Waals surface area (Å²) < 4.78 is 13.3. The molecule has 1 fully saturated rings. The molecule has 1 heterocycles. The minimum absolute atomic E-state index is 0.0381. The van der Waals surface area contributed by atoms with Crippen molar-refractivity contribution in [1.82, 2.24) is 4.90 Å². The molecule has 1 aliphatic heterocycles. The lowest BCUT2D eigenvalue weighted by atomic mass is 9.87. The standard InChI is InChI=1S/C13H15FN2O3/c1-8(12(17)18)9-6-16(7-9)13(19)15-11-5-3-2-4-10(11)14/h2-5,8-9H,6-7H2,1H3,(H,15,19)(H,17,18). The SMILES string of the molecule is CC(C(=O)O)C1CN(C(=O)Nc2ccccc2F)C1. The second-order valence-electron chi connectivity index (χ2n) is 4.70. The number of aliphatic carboxylic acids is 1. The number of nitrogens with zero attached hydrogens (tertiary/aromatic N) is 1. The van der Waals surface area contributed by atoms with Crippen molar-refractivity contribution >= 4 is 17.7 Å². The van der Waals surface area contributed by atoms with Gasteiger partial charge in [0.2, 0.25) is 0 Å². The second-order valence-corrected chi connectivity index (χ2v) is 4.70. The molecule has 2 rings (SSSR count). The van der Waals surface area contributed by atoms with Gasteiger partial charge in [-0.25, -0.2) is 9.18 Å². The monoisotopic (exact) mass is 266 g/mol. The van der Waals surface area contributed by atoms with Crippen LogP contribution in [0.3, 0.4) is 0 Å². The number of hydrogen-bond donors (Lipinski definition) is 2. The normalized spacial score (nSPS) is 16.6. The van der Waals surface area contributed by atoms with E-state index in [4.69, 9.17) is 5.11 Å². The Labute approximate surface area is 110 Å². The number of nitrogens with one attached hydrogen (secondary N) is 1. The maximum atomic E-state index is 13.3. The summed E-state index contributed by atoms with van der Waals surface area (Å²) >= 11 is 0. The third kappa shape index (κ3) is 2.83. The number of halogens is 1. The fraction of sp³-hybridized carbons (Fsp3) is 0.385. The highest BCUT2D eigenvalue weighted by Gasteiger charge is 2.37. The Balaban J connectivity index is 1.87. The summed E-state index contributed by atoms with van der Waals surface area (Å²) in [4.78, 5) is 24.0. The van der Waals surface area contributed by atoms with E-state index >= 15 is 0 Å². The van der Waals surface area contributed by atoms with E-state index in [1.807, 2.05) is 0 Å². The molecule has 5 nitrogen and oxygen atoms in total. The molecule has 0 bridgehead atoms. The minimum Gasteiger partial charge on any atom is -0.481 e. The molecule has 102 valence electrons. The number of carboxylic acids is 1. The van der Waals surface area contributed by atoms with E-state index < -0.39 is 23.7 Å². The lowest BCUT2D eigenvalue weighted by Gasteiger charge is -2.41. The van der Waals surface area contributed by atoms with Crippen LogP contribution in [0.4, 0.5) is 14.9 Å². The van der Waals surface area contributed by atoms with Crippen LogP contribution >= 0.6 is 0 Å². The highest BCUT2D eigenvalue weighted by molar-refractivity contribution is 5.90. The Hall–Kier alpha value is -2.11. The fourth-order valence-corrected chi connectivity index (χ4v) is 1.95. The Bertz CT molecular complexity index is 500. The largest absolute Gasteiger partial charge is 0.481 e. The first-order valence-corrected chi connectivity index (χ1v) is 6.02. The molecule has 0 aromatic heterocycles. The van der Waals surface area contributed by atoms with E-state index in [0.717, 1.165) is 0 Å². The molecule has 2 N–H and O–H groups in total. The highest BCUT2D eigenvalue weighted by Crippen LogP contribution is 2.25. The van der Waals surface area contributed by atoms with Gasteiger partial charge in [-0.1, -0.05) is 19.1 Å². The predicted molar refractivity (Wildman–Crippen MR) is 67.3 cm³/mol. The van der Waals surface area contributed by atoms with Crippen molar-refractivity contribution in [3.8, 4) is 0 Å². The second kappa shape index (κ2) is 5.26. The van der Waals surface area contributed by atoms with Crippen LogP contribution in [0.1, 0.15) is 6.92 Å². The Morgan fingerprint density at radius 1 is 1.42 bits per heavy atom. The first-order chi connectivity index (χ1) is 8.99. The summed E-state index contributed by atoms with van der Waals surface area (Å²) in [5.74, 6) is -1.87. The summed E-state index contributed by atoms with van der Waals surface area (Å²) in [6, 6.07) is 5.51. The van der Waals surface area contributed by atoms with Crippen molar-refractivity contribution in [3.63, 3.8) is 0 Å². The number of para-hydroxylation sites is 1. The van der Waals surface area contributed by atoms with Gasteiger partial charge in [0.25, 0.3) is 0 Å². The molecule has 1 aliphatic rings. The van der Waals surface area contributed by atoms with Crippen LogP contribution in [-0.2, 0) is 4.79 Å². The van der Waals surface area contributed by atoms with Gasteiger partial charge < -0.3 is 15.3 Å². The highest BCUT2D eigenvalue weighted by atomic mass is 19.1. The summed E-state index contributed by atoms with van der Waals surface area (Å²) in [5, 5.41) is 11.3. The van der Waals surface area contributed by atoms with E-state index in [1.165, 1.54) is 17.0 Å². The fourth-order valence-electron chi connectivity index (χ4n) is 1.95. The minimum atomic E-state index is -0.862. The molecule has 1 unspecified atom stereocenters. The van der Waals surface area contributed by atoms with Crippen molar-refractivity contribution in [2.24, 2.45) is 11.8 Å². The van der Waals surface area contributed by atoms with Crippen molar-refractivity contribution in [3.05, 3.63) is 30.1 Å². The maximum absolute atomic E-state index is 13.3. The van der Waals surface area contributed by atoms with Gasteiger partial charge in [0.05, 0.1) is 11.6 Å². The molecule has 1 atom stereocenters. The average Bonchev–Trinajstić information content (AvgIpc) is 2.30. The van der Waals surface area contributed by atoms with Crippen LogP contribution in [0.25, 0.3) is 0 Å². The van der Waals surface area contributed by atoms with Gasteiger partial charge >= 0.3 is 12.0 Å². The summed E-state index contributed by atoms with van der Waals surface area (Å²) in [7, 11) is 0. The predicted octanol–water partition coefficient (Wildman–Crippen LogP) is 2.01. The molecule has 6 heteroatoms. The van der Waals surface area contributed by atoms with Gasteiger partial charge in [-0.3, -0.25) is 4.79 Å². The third-order valence-corrected chi connectivity index (χ3v) is 3.41. The number of amides is 2. The first kappa shape index (κ1) is 13.3. The molecule has 2 amide bonds. The number of urea groups is 1. The number of benzene rings is 1. The lowest BCUT2D eigenvalue weighted by Crippen LogP contribution is -2.54. The zero-order valence-corrected chi connectivity index (χ0v) is 10.5. The number of carbonyl (C=O) groups is 2. The van der Waals surface area contributed by atoms with Crippen molar-refractivity contribution in [2.75, 3.05) is 18.4 Å². The number of carboxylic acid groups (broad SMARTS) is 1. The molecule has 19 heavy (non-hydrogen) atoms. The summed E-state index contributed by atoms with van der Waals surface area (Å²) in [6.45, 7) is 2.39. The maximum Gasteiger partial charge on any atom is 0.321 e. The lowest BCUT2D eigenvalue weighted by molar-refractivity contribution is -0.144. The summed E-state index contributed by atoms with van der Waals surface area (Å²) in [6.07, 6.45) is 0. The molecule has 1 saturated heterocycles. The molecule has 0 radical (unpaired) electrons. The molecule has 0 spiro atoms. The van der Waals surface area contributed by atoms with Gasteiger partial charge in [-0.2, -0.15) is 0 Å². The van der Waals surface area contributed by atoms with Crippen LogP contribution in [0, 0.1) is 17.7 Å². The van der Waals surface area contributed by atoms with Crippen molar-refractivity contribution in [2.45, 2.75) is 6.92 Å². The quantitative estimate of drug-likeness (QED) is 0.879. The van der Waals surface area contributed by atoms with Crippen molar-refractivity contribution in [1.29, 1.82) is 0 Å². The van der Waals surface area contributed by atoms with Gasteiger partial charge in [0.1, 0.15) is 5.82 Å². The first-order valence-electron chi connectivity index (χ1n) is 6.02. The number of rotatable bonds is 3. The zero-order chi connectivity index (χ0) is 14.0. The van der Waals surface area contributed by atoms with Crippen LogP contribution in [-0.4, -0.2) is 35.1 Å².